The molecule has 1 aliphatic rings. The van der Waals surface area contributed by atoms with Gasteiger partial charge < -0.3 is 14.8 Å². The summed E-state index contributed by atoms with van der Waals surface area (Å²) in [6, 6.07) is 20.1. The van der Waals surface area contributed by atoms with Gasteiger partial charge in [0.25, 0.3) is 5.91 Å². The summed E-state index contributed by atoms with van der Waals surface area (Å²) in [5.74, 6) is 1.03. The zero-order valence-electron chi connectivity index (χ0n) is 20.0. The normalized spacial score (nSPS) is 15.5. The maximum Gasteiger partial charge on any atom is 0.261 e. The highest BCUT2D eigenvalue weighted by Gasteiger charge is 2.25. The Labute approximate surface area is 207 Å². The summed E-state index contributed by atoms with van der Waals surface area (Å²) >= 11 is 0. The quantitative estimate of drug-likeness (QED) is 0.422. The average Bonchev–Trinajstić information content (AvgIpc) is 2.90. The molecule has 0 radical (unpaired) electrons. The van der Waals surface area contributed by atoms with E-state index in [9.17, 15) is 13.2 Å². The van der Waals surface area contributed by atoms with Crippen molar-refractivity contribution in [2.75, 3.05) is 26.2 Å². The molecule has 1 heterocycles. The minimum absolute atomic E-state index is 0.202. The maximum atomic E-state index is 12.8. The number of amides is 1. The fourth-order valence-electron chi connectivity index (χ4n) is 4.19. The van der Waals surface area contributed by atoms with Crippen molar-refractivity contribution in [2.24, 2.45) is 0 Å². The molecule has 4 rings (SSSR count). The maximum absolute atomic E-state index is 12.8. The Hall–Kier alpha value is -3.10. The van der Waals surface area contributed by atoms with Crippen LogP contribution in [-0.4, -0.2) is 51.0 Å². The second-order valence-electron chi connectivity index (χ2n) is 8.57. The molecular weight excluding hydrogens is 464 g/mol. The predicted molar refractivity (Wildman–Crippen MR) is 136 cm³/mol. The van der Waals surface area contributed by atoms with Crippen LogP contribution >= 0.6 is 0 Å². The van der Waals surface area contributed by atoms with Gasteiger partial charge in [-0.1, -0.05) is 49.7 Å². The summed E-state index contributed by atoms with van der Waals surface area (Å²) in [5.41, 5.74) is 0. The Morgan fingerprint density at radius 1 is 0.971 bits per heavy atom. The Morgan fingerprint density at radius 2 is 1.69 bits per heavy atom. The van der Waals surface area contributed by atoms with E-state index >= 15 is 0 Å². The first-order valence-corrected chi connectivity index (χ1v) is 13.6. The molecule has 1 saturated heterocycles. The summed E-state index contributed by atoms with van der Waals surface area (Å²) in [4.78, 5) is 12.9. The first-order valence-electron chi connectivity index (χ1n) is 12.1. The van der Waals surface area contributed by atoms with Gasteiger partial charge in [0.15, 0.2) is 6.10 Å². The van der Waals surface area contributed by atoms with Crippen LogP contribution in [0.1, 0.15) is 32.6 Å². The van der Waals surface area contributed by atoms with Crippen LogP contribution in [-0.2, 0) is 14.8 Å². The molecule has 8 heteroatoms. The van der Waals surface area contributed by atoms with Gasteiger partial charge in [-0.25, -0.2) is 8.42 Å². The number of nitrogens with one attached hydrogen (secondary N) is 1. The molecule has 1 fully saturated rings. The second-order valence-corrected chi connectivity index (χ2v) is 10.5. The molecule has 35 heavy (non-hydrogen) atoms. The Kier molecular flexibility index (Phi) is 8.25. The van der Waals surface area contributed by atoms with E-state index in [1.165, 1.54) is 0 Å². The SMILES string of the molecule is CC[C@H](Oc1cccc2ccccc12)C(=O)NCCOc1ccc(S(=O)(=O)N2CCCCC2)cc1. The van der Waals surface area contributed by atoms with E-state index in [0.717, 1.165) is 30.0 Å². The van der Waals surface area contributed by atoms with Crippen molar-refractivity contribution >= 4 is 26.7 Å². The highest BCUT2D eigenvalue weighted by Crippen LogP contribution is 2.26. The van der Waals surface area contributed by atoms with Crippen molar-refractivity contribution in [1.82, 2.24) is 9.62 Å². The Bertz CT molecular complexity index is 1230. The zero-order chi connectivity index (χ0) is 24.7. The zero-order valence-corrected chi connectivity index (χ0v) is 20.8. The average molecular weight is 497 g/mol. The van der Waals surface area contributed by atoms with E-state index in [-0.39, 0.29) is 17.4 Å². The molecule has 1 N–H and O–H groups in total. The number of hydrogen-bond acceptors (Lipinski definition) is 5. The molecule has 186 valence electrons. The van der Waals surface area contributed by atoms with Gasteiger partial charge in [-0.2, -0.15) is 4.31 Å². The third-order valence-electron chi connectivity index (χ3n) is 6.13. The minimum Gasteiger partial charge on any atom is -0.492 e. The third kappa shape index (κ3) is 6.13. The van der Waals surface area contributed by atoms with Crippen LogP contribution in [0.3, 0.4) is 0 Å². The van der Waals surface area contributed by atoms with Crippen LogP contribution < -0.4 is 14.8 Å². The van der Waals surface area contributed by atoms with E-state index < -0.39 is 16.1 Å². The number of rotatable bonds is 10. The summed E-state index contributed by atoms with van der Waals surface area (Å²) in [7, 11) is -3.46. The van der Waals surface area contributed by atoms with Gasteiger partial charge in [0, 0.05) is 18.5 Å². The van der Waals surface area contributed by atoms with Crippen molar-refractivity contribution < 1.29 is 22.7 Å². The van der Waals surface area contributed by atoms with Gasteiger partial charge in [-0.05, 0) is 55.0 Å². The number of nitrogens with zero attached hydrogens (tertiary/aromatic N) is 1. The first-order chi connectivity index (χ1) is 17.0. The topological polar surface area (TPSA) is 84.9 Å². The van der Waals surface area contributed by atoms with Gasteiger partial charge in [0.2, 0.25) is 10.0 Å². The van der Waals surface area contributed by atoms with Crippen molar-refractivity contribution in [1.29, 1.82) is 0 Å². The molecular formula is C27H32N2O5S. The van der Waals surface area contributed by atoms with Crippen LogP contribution in [0, 0.1) is 0 Å². The standard InChI is InChI=1S/C27H32N2O5S/c1-2-25(34-26-12-8-10-21-9-4-5-11-24(21)26)27(30)28-17-20-33-22-13-15-23(16-14-22)35(31,32)29-18-6-3-7-19-29/h4-5,8-16,25H,2-3,6-7,17-20H2,1H3,(H,28,30)/t25-/m0/s1. The molecule has 0 unspecified atom stereocenters. The molecule has 0 aliphatic carbocycles. The molecule has 1 atom stereocenters. The molecule has 0 aromatic heterocycles. The van der Waals surface area contributed by atoms with Crippen LogP contribution in [0.2, 0.25) is 0 Å². The molecule has 3 aromatic rings. The summed E-state index contributed by atoms with van der Waals surface area (Å²) in [6.07, 6.45) is 2.79. The lowest BCUT2D eigenvalue weighted by Gasteiger charge is -2.25. The predicted octanol–water partition coefficient (Wildman–Crippen LogP) is 4.37. The van der Waals surface area contributed by atoms with Crippen molar-refractivity contribution in [3.8, 4) is 11.5 Å². The summed E-state index contributed by atoms with van der Waals surface area (Å²) in [6.45, 7) is 3.62. The molecule has 7 nitrogen and oxygen atoms in total. The van der Waals surface area contributed by atoms with Crippen LogP contribution in [0.5, 0.6) is 11.5 Å². The molecule has 1 amide bonds. The highest BCUT2D eigenvalue weighted by molar-refractivity contribution is 7.89. The van der Waals surface area contributed by atoms with E-state index in [0.29, 0.717) is 37.6 Å². The van der Waals surface area contributed by atoms with Crippen molar-refractivity contribution in [3.05, 3.63) is 66.7 Å². The fraction of sp³-hybridized carbons (Fsp3) is 0.370. The van der Waals surface area contributed by atoms with E-state index in [4.69, 9.17) is 9.47 Å². The number of carbonyl (C=O) groups excluding carboxylic acids is 1. The lowest BCUT2D eigenvalue weighted by Crippen LogP contribution is -2.39. The second kappa shape index (κ2) is 11.6. The highest BCUT2D eigenvalue weighted by atomic mass is 32.2. The van der Waals surface area contributed by atoms with Crippen molar-refractivity contribution in [2.45, 2.75) is 43.6 Å². The van der Waals surface area contributed by atoms with Gasteiger partial charge in [-0.15, -0.1) is 0 Å². The minimum atomic E-state index is -3.46. The van der Waals surface area contributed by atoms with Crippen LogP contribution in [0.25, 0.3) is 10.8 Å². The number of ether oxygens (including phenoxy) is 2. The van der Waals surface area contributed by atoms with Crippen molar-refractivity contribution in [3.63, 3.8) is 0 Å². The first kappa shape index (κ1) is 25.0. The third-order valence-corrected chi connectivity index (χ3v) is 8.04. The largest absolute Gasteiger partial charge is 0.492 e. The number of hydrogen-bond donors (Lipinski definition) is 1. The van der Waals surface area contributed by atoms with E-state index in [2.05, 4.69) is 5.32 Å². The number of piperidine rings is 1. The van der Waals surface area contributed by atoms with Gasteiger partial charge in [0.1, 0.15) is 18.1 Å². The van der Waals surface area contributed by atoms with Crippen LogP contribution in [0.15, 0.2) is 71.6 Å². The van der Waals surface area contributed by atoms with Gasteiger partial charge >= 0.3 is 0 Å². The van der Waals surface area contributed by atoms with Gasteiger partial charge in [0.05, 0.1) is 11.4 Å². The lowest BCUT2D eigenvalue weighted by atomic mass is 10.1. The number of sulfonamides is 1. The number of carbonyl (C=O) groups is 1. The molecule has 0 spiro atoms. The molecule has 0 saturated carbocycles. The van der Waals surface area contributed by atoms with Crippen LogP contribution in [0.4, 0.5) is 0 Å². The monoisotopic (exact) mass is 496 g/mol. The number of fused-ring (bicyclic) bond motifs is 1. The summed E-state index contributed by atoms with van der Waals surface area (Å²) in [5, 5.41) is 4.89. The fourth-order valence-corrected chi connectivity index (χ4v) is 5.71. The summed E-state index contributed by atoms with van der Waals surface area (Å²) < 4.78 is 38.8. The van der Waals surface area contributed by atoms with E-state index in [1.807, 2.05) is 49.4 Å². The molecule has 0 bridgehead atoms. The molecule has 1 aliphatic heterocycles. The number of benzene rings is 3. The smallest absolute Gasteiger partial charge is 0.261 e. The lowest BCUT2D eigenvalue weighted by molar-refractivity contribution is -0.128. The van der Waals surface area contributed by atoms with Gasteiger partial charge in [-0.3, -0.25) is 4.79 Å². The van der Waals surface area contributed by atoms with E-state index in [1.54, 1.807) is 28.6 Å². The Balaban J connectivity index is 1.26. The Morgan fingerprint density at radius 3 is 2.43 bits per heavy atom. The molecule has 3 aromatic carbocycles.